The van der Waals surface area contributed by atoms with E-state index in [4.69, 9.17) is 0 Å². The molecule has 1 aliphatic carbocycles. The van der Waals surface area contributed by atoms with Crippen molar-refractivity contribution in [1.82, 2.24) is 5.32 Å². The van der Waals surface area contributed by atoms with Crippen LogP contribution >= 0.6 is 0 Å². The molecule has 0 radical (unpaired) electrons. The zero-order chi connectivity index (χ0) is 14.4. The van der Waals surface area contributed by atoms with Crippen LogP contribution in [0.3, 0.4) is 0 Å². The van der Waals surface area contributed by atoms with Crippen LogP contribution in [0.2, 0.25) is 0 Å². The molecular formula is C16H22N2O2. The second-order valence-electron chi connectivity index (χ2n) is 5.63. The fourth-order valence-electron chi connectivity index (χ4n) is 2.76. The number of hydrogen-bond donors (Lipinski definition) is 3. The molecule has 3 N–H and O–H groups in total. The van der Waals surface area contributed by atoms with Gasteiger partial charge in [-0.2, -0.15) is 5.26 Å². The van der Waals surface area contributed by atoms with Crippen LogP contribution in [-0.2, 0) is 0 Å². The Morgan fingerprint density at radius 3 is 2.45 bits per heavy atom. The van der Waals surface area contributed by atoms with Crippen LogP contribution < -0.4 is 5.32 Å². The third-order valence-corrected chi connectivity index (χ3v) is 4.03. The molecule has 1 aromatic carbocycles. The summed E-state index contributed by atoms with van der Waals surface area (Å²) in [6.45, 7) is 0.356. The molecule has 20 heavy (non-hydrogen) atoms. The summed E-state index contributed by atoms with van der Waals surface area (Å²) in [5, 5.41) is 32.9. The predicted octanol–water partition coefficient (Wildman–Crippen LogP) is 1.90. The summed E-state index contributed by atoms with van der Waals surface area (Å²) < 4.78 is 0. The van der Waals surface area contributed by atoms with Gasteiger partial charge in [0.25, 0.3) is 0 Å². The van der Waals surface area contributed by atoms with Crippen molar-refractivity contribution < 1.29 is 10.2 Å². The van der Waals surface area contributed by atoms with Gasteiger partial charge < -0.3 is 10.2 Å². The molecule has 0 saturated heterocycles. The highest BCUT2D eigenvalue weighted by Crippen LogP contribution is 2.27. The molecule has 108 valence electrons. The summed E-state index contributed by atoms with van der Waals surface area (Å²) in [4.78, 5) is 0. The summed E-state index contributed by atoms with van der Waals surface area (Å²) in [7, 11) is 0. The second-order valence-corrected chi connectivity index (χ2v) is 5.63. The molecule has 1 aliphatic rings. The zero-order valence-electron chi connectivity index (χ0n) is 11.6. The van der Waals surface area contributed by atoms with Crippen molar-refractivity contribution in [3.05, 3.63) is 35.9 Å². The lowest BCUT2D eigenvalue weighted by Crippen LogP contribution is -2.47. The van der Waals surface area contributed by atoms with E-state index in [1.54, 1.807) is 12.1 Å². The van der Waals surface area contributed by atoms with E-state index in [0.717, 1.165) is 32.1 Å². The molecule has 0 spiro atoms. The van der Waals surface area contributed by atoms with E-state index >= 15 is 0 Å². The summed E-state index contributed by atoms with van der Waals surface area (Å²) >= 11 is 0. The minimum atomic E-state index is -0.881. The number of nitrogens with zero attached hydrogens (tertiary/aromatic N) is 1. The van der Waals surface area contributed by atoms with E-state index < -0.39 is 17.7 Å². The highest BCUT2D eigenvalue weighted by Gasteiger charge is 2.31. The van der Waals surface area contributed by atoms with Gasteiger partial charge in [-0.1, -0.05) is 49.6 Å². The average Bonchev–Trinajstić information content (AvgIpc) is 2.49. The lowest BCUT2D eigenvalue weighted by molar-refractivity contribution is -0.0000526. The maximum atomic E-state index is 10.4. The Hall–Kier alpha value is -1.41. The number of nitriles is 1. The molecule has 1 aromatic rings. The maximum absolute atomic E-state index is 10.4. The van der Waals surface area contributed by atoms with Crippen LogP contribution in [0.15, 0.2) is 30.3 Å². The fourth-order valence-corrected chi connectivity index (χ4v) is 2.76. The number of hydrogen-bond acceptors (Lipinski definition) is 4. The van der Waals surface area contributed by atoms with Crippen LogP contribution in [0.5, 0.6) is 0 Å². The monoisotopic (exact) mass is 274 g/mol. The molecule has 1 fully saturated rings. The molecule has 2 atom stereocenters. The Morgan fingerprint density at radius 2 is 1.85 bits per heavy atom. The Balaban J connectivity index is 1.94. The fraction of sp³-hybridized carbons (Fsp3) is 0.562. The summed E-state index contributed by atoms with van der Waals surface area (Å²) in [5.41, 5.74) is -0.0220. The van der Waals surface area contributed by atoms with Gasteiger partial charge in [0.1, 0.15) is 12.1 Å². The van der Waals surface area contributed by atoms with Crippen molar-refractivity contribution in [1.29, 1.82) is 5.26 Å². The highest BCUT2D eigenvalue weighted by atomic mass is 16.3. The van der Waals surface area contributed by atoms with Gasteiger partial charge in [0, 0.05) is 6.54 Å². The number of benzene rings is 1. The molecule has 1 saturated carbocycles. The van der Waals surface area contributed by atoms with Crippen LogP contribution in [0.1, 0.15) is 43.8 Å². The van der Waals surface area contributed by atoms with Gasteiger partial charge in [-0.15, -0.1) is 0 Å². The normalized spacial score (nSPS) is 20.9. The van der Waals surface area contributed by atoms with Crippen molar-refractivity contribution in [2.45, 2.75) is 49.9 Å². The number of nitrogens with one attached hydrogen (secondary N) is 1. The van der Waals surface area contributed by atoms with Gasteiger partial charge in [0.2, 0.25) is 0 Å². The molecule has 0 heterocycles. The number of aliphatic hydroxyl groups is 2. The van der Waals surface area contributed by atoms with Crippen molar-refractivity contribution >= 4 is 0 Å². The van der Waals surface area contributed by atoms with Gasteiger partial charge in [0.15, 0.2) is 0 Å². The van der Waals surface area contributed by atoms with Crippen molar-refractivity contribution in [2.75, 3.05) is 6.54 Å². The van der Waals surface area contributed by atoms with Gasteiger partial charge in [-0.25, -0.2) is 0 Å². The van der Waals surface area contributed by atoms with Gasteiger partial charge in [-0.05, 0) is 18.4 Å². The van der Waals surface area contributed by atoms with Crippen LogP contribution in [0.4, 0.5) is 0 Å². The molecular weight excluding hydrogens is 252 g/mol. The molecule has 0 amide bonds. The van der Waals surface area contributed by atoms with Gasteiger partial charge in [0.05, 0.1) is 11.7 Å². The van der Waals surface area contributed by atoms with Crippen molar-refractivity contribution in [3.63, 3.8) is 0 Å². The third-order valence-electron chi connectivity index (χ3n) is 4.03. The van der Waals surface area contributed by atoms with Crippen molar-refractivity contribution in [3.8, 4) is 6.07 Å². The first-order valence-corrected chi connectivity index (χ1v) is 7.23. The molecule has 0 bridgehead atoms. The van der Waals surface area contributed by atoms with Crippen LogP contribution in [0, 0.1) is 11.3 Å². The van der Waals surface area contributed by atoms with Gasteiger partial charge in [-0.3, -0.25) is 5.32 Å². The summed E-state index contributed by atoms with van der Waals surface area (Å²) in [5.74, 6) is 0. The largest absolute Gasteiger partial charge is 0.389 e. The highest BCUT2D eigenvalue weighted by molar-refractivity contribution is 5.21. The topological polar surface area (TPSA) is 76.3 Å². The minimum absolute atomic E-state index is 0.356. The number of aliphatic hydroxyl groups excluding tert-OH is 1. The first-order valence-electron chi connectivity index (χ1n) is 7.23. The van der Waals surface area contributed by atoms with E-state index in [1.807, 2.05) is 18.2 Å². The molecule has 4 heteroatoms. The first-order chi connectivity index (χ1) is 9.64. The Bertz CT molecular complexity index is 449. The Labute approximate surface area is 120 Å². The van der Waals surface area contributed by atoms with E-state index in [2.05, 4.69) is 11.4 Å². The first kappa shape index (κ1) is 15.0. The summed E-state index contributed by atoms with van der Waals surface area (Å²) in [6, 6.07) is 10.5. The van der Waals surface area contributed by atoms with Crippen LogP contribution in [-0.4, -0.2) is 28.4 Å². The standard InChI is InChI=1S/C16H22N2O2/c17-11-14(15(19)13-7-3-1-4-8-13)18-12-16(20)9-5-2-6-10-16/h1,3-4,7-8,14-15,18-20H,2,5-6,9-10,12H2/t14-,15-/m0/s1. The molecule has 0 aromatic heterocycles. The minimum Gasteiger partial charge on any atom is -0.389 e. The Morgan fingerprint density at radius 1 is 1.20 bits per heavy atom. The van der Waals surface area contributed by atoms with E-state index in [0.29, 0.717) is 12.1 Å². The predicted molar refractivity (Wildman–Crippen MR) is 76.8 cm³/mol. The molecule has 4 nitrogen and oxygen atoms in total. The molecule has 0 unspecified atom stereocenters. The van der Waals surface area contributed by atoms with Crippen molar-refractivity contribution in [2.24, 2.45) is 0 Å². The zero-order valence-corrected chi connectivity index (χ0v) is 11.6. The van der Waals surface area contributed by atoms with Crippen LogP contribution in [0.25, 0.3) is 0 Å². The Kier molecular flexibility index (Phi) is 5.13. The SMILES string of the molecule is N#C[C@H](NCC1(O)CCCCC1)[C@@H](O)c1ccccc1. The summed E-state index contributed by atoms with van der Waals surface area (Å²) in [6.07, 6.45) is 3.86. The molecule has 0 aliphatic heterocycles. The van der Waals surface area contributed by atoms with E-state index in [-0.39, 0.29) is 0 Å². The average molecular weight is 274 g/mol. The number of rotatable bonds is 5. The lowest BCUT2D eigenvalue weighted by atomic mass is 9.84. The molecule has 2 rings (SSSR count). The van der Waals surface area contributed by atoms with E-state index in [1.165, 1.54) is 0 Å². The van der Waals surface area contributed by atoms with E-state index in [9.17, 15) is 15.5 Å². The lowest BCUT2D eigenvalue weighted by Gasteiger charge is -2.33. The van der Waals surface area contributed by atoms with Gasteiger partial charge >= 0.3 is 0 Å². The second kappa shape index (κ2) is 6.85. The maximum Gasteiger partial charge on any atom is 0.126 e. The quantitative estimate of drug-likeness (QED) is 0.766. The third kappa shape index (κ3) is 3.80. The smallest absolute Gasteiger partial charge is 0.126 e.